The number of fused-ring (bicyclic) bond motifs is 2. The summed E-state index contributed by atoms with van der Waals surface area (Å²) >= 11 is 6.13. The number of hydrogen-bond acceptors (Lipinski definition) is 6. The summed E-state index contributed by atoms with van der Waals surface area (Å²) < 4.78 is 9.56. The number of aryl methyl sites for hydroxylation is 2. The average molecular weight is 413 g/mol. The standard InChI is InChI=1S/C19H17ClN6O3/c1-24-9-21-17-16(24)18(27)25(10-22-17)8-15-23-26(19(28)29-15)7-12-3-2-11-4-5-13(20)6-14(11)12/h4-6,9-10,12H,2-3,7-8H2,1H3. The lowest BCUT2D eigenvalue weighted by Crippen LogP contribution is -2.23. The highest BCUT2D eigenvalue weighted by molar-refractivity contribution is 6.30. The van der Waals surface area contributed by atoms with Crippen LogP contribution in [0.15, 0.2) is 44.9 Å². The molecule has 0 saturated carbocycles. The summed E-state index contributed by atoms with van der Waals surface area (Å²) in [5.41, 5.74) is 2.88. The molecule has 0 amide bonds. The van der Waals surface area contributed by atoms with E-state index < -0.39 is 5.76 Å². The van der Waals surface area contributed by atoms with Crippen molar-refractivity contribution in [2.45, 2.75) is 31.8 Å². The van der Waals surface area contributed by atoms with Gasteiger partial charge in [0.25, 0.3) is 5.56 Å². The van der Waals surface area contributed by atoms with E-state index in [1.165, 1.54) is 27.5 Å². The molecule has 1 unspecified atom stereocenters. The predicted molar refractivity (Wildman–Crippen MR) is 105 cm³/mol. The molecule has 3 aromatic heterocycles. The molecular formula is C19H17ClN6O3. The zero-order chi connectivity index (χ0) is 20.1. The molecule has 1 aromatic carbocycles. The molecule has 10 heteroatoms. The number of halogens is 1. The molecule has 5 rings (SSSR count). The monoisotopic (exact) mass is 412 g/mol. The van der Waals surface area contributed by atoms with Crippen LogP contribution in [0.3, 0.4) is 0 Å². The normalized spacial score (nSPS) is 15.9. The van der Waals surface area contributed by atoms with Gasteiger partial charge in [0.2, 0.25) is 5.89 Å². The molecule has 1 aliphatic rings. The summed E-state index contributed by atoms with van der Waals surface area (Å²) in [6.07, 6.45) is 4.78. The Kier molecular flexibility index (Phi) is 4.13. The quantitative estimate of drug-likeness (QED) is 0.505. The molecule has 29 heavy (non-hydrogen) atoms. The van der Waals surface area contributed by atoms with Crippen LogP contribution in [-0.4, -0.2) is 28.9 Å². The second kappa shape index (κ2) is 6.70. The van der Waals surface area contributed by atoms with Gasteiger partial charge in [-0.1, -0.05) is 17.7 Å². The van der Waals surface area contributed by atoms with Crippen molar-refractivity contribution in [3.8, 4) is 0 Å². The molecule has 0 bridgehead atoms. The molecule has 0 saturated heterocycles. The number of imidazole rings is 1. The van der Waals surface area contributed by atoms with Crippen LogP contribution in [0.25, 0.3) is 11.2 Å². The summed E-state index contributed by atoms with van der Waals surface area (Å²) in [5, 5.41) is 4.97. The van der Waals surface area contributed by atoms with Crippen molar-refractivity contribution in [2.75, 3.05) is 0 Å². The fraction of sp³-hybridized carbons (Fsp3) is 0.316. The Bertz CT molecular complexity index is 1350. The van der Waals surface area contributed by atoms with Gasteiger partial charge in [-0.25, -0.2) is 14.8 Å². The van der Waals surface area contributed by atoms with Gasteiger partial charge in [-0.2, -0.15) is 4.68 Å². The van der Waals surface area contributed by atoms with E-state index in [-0.39, 0.29) is 23.9 Å². The summed E-state index contributed by atoms with van der Waals surface area (Å²) in [6.45, 7) is 0.422. The van der Waals surface area contributed by atoms with Crippen molar-refractivity contribution >= 4 is 22.8 Å². The number of hydrogen-bond donors (Lipinski definition) is 0. The molecule has 0 aliphatic heterocycles. The van der Waals surface area contributed by atoms with Crippen LogP contribution in [0, 0.1) is 0 Å². The highest BCUT2D eigenvalue weighted by Crippen LogP contribution is 2.35. The first-order valence-corrected chi connectivity index (χ1v) is 9.59. The maximum atomic E-state index is 12.6. The van der Waals surface area contributed by atoms with Crippen LogP contribution in [0.2, 0.25) is 5.02 Å². The predicted octanol–water partition coefficient (Wildman–Crippen LogP) is 1.71. The number of aromatic nitrogens is 6. The first kappa shape index (κ1) is 17.9. The highest BCUT2D eigenvalue weighted by Gasteiger charge is 2.25. The molecular weight excluding hydrogens is 396 g/mol. The lowest BCUT2D eigenvalue weighted by Gasteiger charge is -2.10. The molecule has 148 valence electrons. The first-order chi connectivity index (χ1) is 14.0. The third-order valence-corrected chi connectivity index (χ3v) is 5.59. The first-order valence-electron chi connectivity index (χ1n) is 9.21. The Labute approximate surface area is 169 Å². The topological polar surface area (TPSA) is 101 Å². The molecule has 0 fully saturated rings. The van der Waals surface area contributed by atoms with Crippen LogP contribution >= 0.6 is 11.6 Å². The number of rotatable bonds is 4. The second-order valence-corrected chi connectivity index (χ2v) is 7.66. The highest BCUT2D eigenvalue weighted by atomic mass is 35.5. The molecule has 0 radical (unpaired) electrons. The third-order valence-electron chi connectivity index (χ3n) is 5.36. The van der Waals surface area contributed by atoms with Crippen molar-refractivity contribution in [2.24, 2.45) is 7.05 Å². The van der Waals surface area contributed by atoms with Gasteiger partial charge in [0, 0.05) is 18.0 Å². The SMILES string of the molecule is Cn1cnc2ncn(Cc3nn(CC4CCc5ccc(Cl)cc54)c(=O)o3)c(=O)c21. The van der Waals surface area contributed by atoms with Crippen LogP contribution in [-0.2, 0) is 26.6 Å². The zero-order valence-corrected chi connectivity index (χ0v) is 16.3. The van der Waals surface area contributed by atoms with Crippen molar-refractivity contribution in [1.29, 1.82) is 0 Å². The van der Waals surface area contributed by atoms with Crippen LogP contribution in [0.4, 0.5) is 0 Å². The second-order valence-electron chi connectivity index (χ2n) is 7.23. The van der Waals surface area contributed by atoms with Crippen LogP contribution in [0.5, 0.6) is 0 Å². The Morgan fingerprint density at radius 3 is 2.93 bits per heavy atom. The molecule has 1 atom stereocenters. The fourth-order valence-electron chi connectivity index (χ4n) is 3.92. The maximum absolute atomic E-state index is 12.6. The minimum Gasteiger partial charge on any atom is -0.390 e. The van der Waals surface area contributed by atoms with Gasteiger partial charge in [-0.15, -0.1) is 5.10 Å². The lowest BCUT2D eigenvalue weighted by molar-refractivity contribution is 0.424. The van der Waals surface area contributed by atoms with Crippen LogP contribution in [0.1, 0.15) is 29.4 Å². The van der Waals surface area contributed by atoms with E-state index in [9.17, 15) is 9.59 Å². The molecule has 0 N–H and O–H groups in total. The van der Waals surface area contributed by atoms with E-state index >= 15 is 0 Å². The summed E-state index contributed by atoms with van der Waals surface area (Å²) in [4.78, 5) is 33.2. The molecule has 4 aromatic rings. The Balaban J connectivity index is 1.42. The molecule has 9 nitrogen and oxygen atoms in total. The van der Waals surface area contributed by atoms with Gasteiger partial charge >= 0.3 is 5.76 Å². The van der Waals surface area contributed by atoms with Gasteiger partial charge in [-0.3, -0.25) is 9.36 Å². The summed E-state index contributed by atoms with van der Waals surface area (Å²) in [6, 6.07) is 5.87. The van der Waals surface area contributed by atoms with Crippen molar-refractivity contribution in [3.63, 3.8) is 0 Å². The molecule has 1 aliphatic carbocycles. The van der Waals surface area contributed by atoms with E-state index in [0.29, 0.717) is 22.7 Å². The van der Waals surface area contributed by atoms with Gasteiger partial charge in [0.05, 0.1) is 12.9 Å². The minimum atomic E-state index is -0.543. The van der Waals surface area contributed by atoms with Gasteiger partial charge in [0.15, 0.2) is 11.2 Å². The fourth-order valence-corrected chi connectivity index (χ4v) is 4.10. The Hall–Kier alpha value is -3.20. The van der Waals surface area contributed by atoms with Gasteiger partial charge < -0.3 is 8.98 Å². The Morgan fingerprint density at radius 1 is 1.24 bits per heavy atom. The molecule has 3 heterocycles. The lowest BCUT2D eigenvalue weighted by atomic mass is 10.0. The number of nitrogens with zero attached hydrogens (tertiary/aromatic N) is 6. The van der Waals surface area contributed by atoms with E-state index in [1.54, 1.807) is 11.6 Å². The van der Waals surface area contributed by atoms with Crippen molar-refractivity contribution in [1.82, 2.24) is 28.9 Å². The van der Waals surface area contributed by atoms with Crippen molar-refractivity contribution in [3.05, 3.63) is 73.8 Å². The average Bonchev–Trinajstić information content (AvgIpc) is 3.36. The van der Waals surface area contributed by atoms with E-state index in [1.807, 2.05) is 18.2 Å². The van der Waals surface area contributed by atoms with E-state index in [4.69, 9.17) is 16.0 Å². The van der Waals surface area contributed by atoms with E-state index in [2.05, 4.69) is 15.1 Å². The maximum Gasteiger partial charge on any atom is 0.437 e. The number of benzene rings is 1. The van der Waals surface area contributed by atoms with E-state index in [0.717, 1.165) is 18.4 Å². The summed E-state index contributed by atoms with van der Waals surface area (Å²) in [5.74, 6) is -0.239. The van der Waals surface area contributed by atoms with Gasteiger partial charge in [-0.05, 0) is 36.1 Å². The summed E-state index contributed by atoms with van der Waals surface area (Å²) in [7, 11) is 1.73. The Morgan fingerprint density at radius 2 is 2.07 bits per heavy atom. The largest absolute Gasteiger partial charge is 0.437 e. The van der Waals surface area contributed by atoms with Crippen molar-refractivity contribution < 1.29 is 4.42 Å². The third kappa shape index (κ3) is 3.07. The smallest absolute Gasteiger partial charge is 0.390 e. The van der Waals surface area contributed by atoms with Gasteiger partial charge in [0.1, 0.15) is 12.9 Å². The van der Waals surface area contributed by atoms with Crippen LogP contribution < -0.4 is 11.3 Å². The molecule has 0 spiro atoms. The minimum absolute atomic E-state index is 0.0161. The zero-order valence-electron chi connectivity index (χ0n) is 15.6.